The van der Waals surface area contributed by atoms with Crippen molar-refractivity contribution >= 4 is 11.8 Å². The van der Waals surface area contributed by atoms with Gasteiger partial charge in [0, 0.05) is 13.7 Å². The van der Waals surface area contributed by atoms with E-state index in [2.05, 4.69) is 5.32 Å². The van der Waals surface area contributed by atoms with Crippen LogP contribution in [0.5, 0.6) is 0 Å². The van der Waals surface area contributed by atoms with Crippen LogP contribution in [-0.2, 0) is 14.3 Å². The molecule has 5 nitrogen and oxygen atoms in total. The summed E-state index contributed by atoms with van der Waals surface area (Å²) in [5.74, 6) is 0.376. The van der Waals surface area contributed by atoms with Crippen LogP contribution < -0.4 is 5.32 Å². The highest BCUT2D eigenvalue weighted by molar-refractivity contribution is 5.95. The number of hydrogen-bond donors (Lipinski definition) is 1. The molecule has 0 saturated carbocycles. The Morgan fingerprint density at radius 2 is 2.11 bits per heavy atom. The van der Waals surface area contributed by atoms with Crippen LogP contribution in [0.25, 0.3) is 0 Å². The van der Waals surface area contributed by atoms with Crippen molar-refractivity contribution in [2.75, 3.05) is 26.8 Å². The molecule has 0 aromatic carbocycles. The smallest absolute Gasteiger partial charge is 0.245 e. The lowest BCUT2D eigenvalue weighted by Gasteiger charge is -2.36. The largest absolute Gasteiger partial charge is 0.384 e. The van der Waals surface area contributed by atoms with Crippen LogP contribution in [0.3, 0.4) is 0 Å². The first-order valence-corrected chi connectivity index (χ1v) is 6.56. The number of methoxy groups -OCH3 is 1. The van der Waals surface area contributed by atoms with E-state index in [4.69, 9.17) is 4.74 Å². The van der Waals surface area contributed by atoms with Crippen molar-refractivity contribution < 1.29 is 14.3 Å². The molecule has 1 N–H and O–H groups in total. The van der Waals surface area contributed by atoms with Gasteiger partial charge in [0.15, 0.2) is 0 Å². The number of ether oxygens (including phenoxy) is 1. The summed E-state index contributed by atoms with van der Waals surface area (Å²) in [5, 5.41) is 2.79. The van der Waals surface area contributed by atoms with Gasteiger partial charge in [-0.25, -0.2) is 0 Å². The van der Waals surface area contributed by atoms with E-state index in [1.807, 2.05) is 20.8 Å². The highest BCUT2D eigenvalue weighted by Crippen LogP contribution is 2.15. The summed E-state index contributed by atoms with van der Waals surface area (Å²) in [6.45, 7) is 7.37. The Bertz CT molecular complexity index is 307. The van der Waals surface area contributed by atoms with Gasteiger partial charge in [0.05, 0.1) is 13.2 Å². The summed E-state index contributed by atoms with van der Waals surface area (Å²) in [6, 6.07) is -0.369. The van der Waals surface area contributed by atoms with Crippen LogP contribution >= 0.6 is 0 Å². The number of nitrogens with zero attached hydrogens (tertiary/aromatic N) is 1. The molecular weight excluding hydrogens is 232 g/mol. The molecule has 1 fully saturated rings. The van der Waals surface area contributed by atoms with Gasteiger partial charge in [-0.1, -0.05) is 27.2 Å². The fourth-order valence-corrected chi connectivity index (χ4v) is 2.22. The van der Waals surface area contributed by atoms with Crippen molar-refractivity contribution in [3.8, 4) is 0 Å². The predicted molar refractivity (Wildman–Crippen MR) is 69.0 cm³/mol. The maximum absolute atomic E-state index is 12.3. The molecule has 3 atom stereocenters. The molecule has 1 aliphatic heterocycles. The molecule has 0 spiro atoms. The molecule has 1 rings (SSSR count). The number of rotatable bonds is 6. The van der Waals surface area contributed by atoms with E-state index in [0.717, 1.165) is 6.42 Å². The van der Waals surface area contributed by atoms with Gasteiger partial charge in [0.25, 0.3) is 0 Å². The quantitative estimate of drug-likeness (QED) is 0.759. The molecule has 0 bridgehead atoms. The summed E-state index contributed by atoms with van der Waals surface area (Å²) >= 11 is 0. The van der Waals surface area contributed by atoms with Gasteiger partial charge < -0.3 is 15.0 Å². The highest BCUT2D eigenvalue weighted by atomic mass is 16.5. The van der Waals surface area contributed by atoms with Crippen molar-refractivity contribution in [1.29, 1.82) is 0 Å². The third-order valence-electron chi connectivity index (χ3n) is 3.42. The van der Waals surface area contributed by atoms with Gasteiger partial charge in [0.1, 0.15) is 6.04 Å². The molecule has 5 heteroatoms. The summed E-state index contributed by atoms with van der Waals surface area (Å²) < 4.78 is 5.06. The molecule has 1 heterocycles. The molecular formula is C13H24N2O3. The van der Waals surface area contributed by atoms with Crippen LogP contribution in [0.4, 0.5) is 0 Å². The molecule has 3 unspecified atom stereocenters. The van der Waals surface area contributed by atoms with Crippen molar-refractivity contribution in [2.45, 2.75) is 33.2 Å². The van der Waals surface area contributed by atoms with E-state index < -0.39 is 0 Å². The van der Waals surface area contributed by atoms with Gasteiger partial charge in [0.2, 0.25) is 11.8 Å². The van der Waals surface area contributed by atoms with E-state index in [0.29, 0.717) is 13.2 Å². The molecule has 0 aromatic heterocycles. The molecule has 0 aliphatic carbocycles. The number of carbonyl (C=O) groups is 2. The normalized spacial score (nSPS) is 23.8. The number of nitrogens with one attached hydrogen (secondary N) is 1. The fourth-order valence-electron chi connectivity index (χ4n) is 2.22. The van der Waals surface area contributed by atoms with E-state index in [-0.39, 0.29) is 36.2 Å². The lowest BCUT2D eigenvalue weighted by molar-refractivity contribution is -0.146. The second kappa shape index (κ2) is 6.73. The van der Waals surface area contributed by atoms with Gasteiger partial charge in [-0.3, -0.25) is 9.59 Å². The Balaban J connectivity index is 2.67. The monoisotopic (exact) mass is 256 g/mol. The second-order valence-corrected chi connectivity index (χ2v) is 5.21. The zero-order valence-corrected chi connectivity index (χ0v) is 11.7. The summed E-state index contributed by atoms with van der Waals surface area (Å²) in [7, 11) is 1.64. The Morgan fingerprint density at radius 3 is 2.67 bits per heavy atom. The van der Waals surface area contributed by atoms with E-state index in [9.17, 15) is 9.59 Å². The molecule has 18 heavy (non-hydrogen) atoms. The molecule has 104 valence electrons. The number of piperazine rings is 1. The van der Waals surface area contributed by atoms with Gasteiger partial charge in [-0.15, -0.1) is 0 Å². The minimum absolute atomic E-state index is 0.0342. The third-order valence-corrected chi connectivity index (χ3v) is 3.42. The third kappa shape index (κ3) is 3.70. The molecule has 0 radical (unpaired) electrons. The van der Waals surface area contributed by atoms with E-state index in [1.54, 1.807) is 12.0 Å². The van der Waals surface area contributed by atoms with Crippen molar-refractivity contribution in [3.63, 3.8) is 0 Å². The highest BCUT2D eigenvalue weighted by Gasteiger charge is 2.35. The van der Waals surface area contributed by atoms with Crippen LogP contribution in [0.2, 0.25) is 0 Å². The summed E-state index contributed by atoms with van der Waals surface area (Å²) in [5.41, 5.74) is 0. The number of hydrogen-bond acceptors (Lipinski definition) is 3. The van der Waals surface area contributed by atoms with Crippen LogP contribution in [0.1, 0.15) is 27.2 Å². The van der Waals surface area contributed by atoms with Gasteiger partial charge in [-0.05, 0) is 11.8 Å². The average molecular weight is 256 g/mol. The zero-order valence-electron chi connectivity index (χ0n) is 11.7. The van der Waals surface area contributed by atoms with Crippen LogP contribution in [0, 0.1) is 11.8 Å². The molecule has 2 amide bonds. The predicted octanol–water partition coefficient (Wildman–Crippen LogP) is 0.642. The van der Waals surface area contributed by atoms with E-state index >= 15 is 0 Å². The standard InChI is InChI=1S/C13H24N2O3/c1-5-10(3)12-13(17)15(7-11(16)14-12)6-9(2)8-18-4/h9-10,12H,5-8H2,1-4H3,(H,14,16). The maximum atomic E-state index is 12.3. The van der Waals surface area contributed by atoms with Crippen LogP contribution in [-0.4, -0.2) is 49.6 Å². The molecule has 1 aliphatic rings. The first-order chi connectivity index (χ1) is 8.49. The van der Waals surface area contributed by atoms with Crippen LogP contribution in [0.15, 0.2) is 0 Å². The summed E-state index contributed by atoms with van der Waals surface area (Å²) in [6.07, 6.45) is 0.873. The first-order valence-electron chi connectivity index (χ1n) is 6.56. The van der Waals surface area contributed by atoms with Crippen molar-refractivity contribution in [1.82, 2.24) is 10.2 Å². The van der Waals surface area contributed by atoms with Crippen molar-refractivity contribution in [3.05, 3.63) is 0 Å². The topological polar surface area (TPSA) is 58.6 Å². The Kier molecular flexibility index (Phi) is 5.59. The zero-order chi connectivity index (χ0) is 13.7. The summed E-state index contributed by atoms with van der Waals surface area (Å²) in [4.78, 5) is 25.6. The molecule has 1 saturated heterocycles. The SMILES string of the molecule is CCC(C)C1NC(=O)CN(CC(C)COC)C1=O. The number of carbonyl (C=O) groups excluding carboxylic acids is 2. The first kappa shape index (κ1) is 15.0. The minimum Gasteiger partial charge on any atom is -0.384 e. The van der Waals surface area contributed by atoms with Crippen molar-refractivity contribution in [2.24, 2.45) is 11.8 Å². The molecule has 0 aromatic rings. The van der Waals surface area contributed by atoms with Gasteiger partial charge >= 0.3 is 0 Å². The lowest BCUT2D eigenvalue weighted by atomic mass is 9.95. The Hall–Kier alpha value is -1.10. The average Bonchev–Trinajstić information content (AvgIpc) is 2.32. The minimum atomic E-state index is -0.369. The second-order valence-electron chi connectivity index (χ2n) is 5.21. The fraction of sp³-hybridized carbons (Fsp3) is 0.846. The van der Waals surface area contributed by atoms with Gasteiger partial charge in [-0.2, -0.15) is 0 Å². The Morgan fingerprint density at radius 1 is 1.44 bits per heavy atom. The maximum Gasteiger partial charge on any atom is 0.245 e. The number of amides is 2. The van der Waals surface area contributed by atoms with E-state index in [1.165, 1.54) is 0 Å². The Labute approximate surface area is 109 Å². The lowest BCUT2D eigenvalue weighted by Crippen LogP contribution is -2.60.